The van der Waals surface area contributed by atoms with Crippen LogP contribution in [0.5, 0.6) is 5.75 Å². The fourth-order valence-corrected chi connectivity index (χ4v) is 3.37. The molecule has 0 amide bonds. The molecule has 3 nitrogen and oxygen atoms in total. The van der Waals surface area contributed by atoms with E-state index in [9.17, 15) is 18.0 Å². The molecule has 0 bridgehead atoms. The molecular formula is C24H25F3O3S. The number of ether oxygens (including phenoxy) is 2. The summed E-state index contributed by atoms with van der Waals surface area (Å²) in [6.07, 6.45) is -3.74. The van der Waals surface area contributed by atoms with Crippen LogP contribution in [-0.2, 0) is 15.7 Å². The molecule has 0 fully saturated rings. The maximum Gasteiger partial charge on any atom is 0.416 e. The molecule has 0 spiro atoms. The molecule has 0 radical (unpaired) electrons. The van der Waals surface area contributed by atoms with E-state index in [1.807, 2.05) is 25.1 Å². The van der Waals surface area contributed by atoms with E-state index >= 15 is 0 Å². The first-order valence-electron chi connectivity index (χ1n) is 9.68. The van der Waals surface area contributed by atoms with Crippen LogP contribution in [0.2, 0.25) is 0 Å². The lowest BCUT2D eigenvalue weighted by molar-refractivity contribution is -0.157. The molecule has 2 aromatic carbocycles. The molecule has 2 aromatic rings. The van der Waals surface area contributed by atoms with Crippen molar-refractivity contribution in [2.45, 2.75) is 50.8 Å². The van der Waals surface area contributed by atoms with Crippen molar-refractivity contribution in [2.75, 3.05) is 12.4 Å². The van der Waals surface area contributed by atoms with Gasteiger partial charge >= 0.3 is 12.1 Å². The smallest absolute Gasteiger partial charge is 0.416 e. The minimum Gasteiger partial charge on any atom is -0.482 e. The van der Waals surface area contributed by atoms with Crippen LogP contribution in [0.25, 0.3) is 0 Å². The lowest BCUT2D eigenvalue weighted by Gasteiger charge is -2.19. The van der Waals surface area contributed by atoms with E-state index in [2.05, 4.69) is 11.8 Å². The van der Waals surface area contributed by atoms with Crippen molar-refractivity contribution >= 4 is 17.7 Å². The summed E-state index contributed by atoms with van der Waals surface area (Å²) in [5.74, 6) is 6.80. The van der Waals surface area contributed by atoms with Gasteiger partial charge in [-0.15, -0.1) is 11.8 Å². The van der Waals surface area contributed by atoms with Gasteiger partial charge in [0.1, 0.15) is 11.4 Å². The van der Waals surface area contributed by atoms with Crippen LogP contribution in [0.1, 0.15) is 43.9 Å². The summed E-state index contributed by atoms with van der Waals surface area (Å²) < 4.78 is 48.4. The average molecular weight is 451 g/mol. The normalized spacial score (nSPS) is 11.5. The molecule has 0 saturated heterocycles. The standard InChI is InChI=1S/C24H25F3O3S/c1-17-15-20(12-13-21(17)29-16-22(28)30-23(2,3)4)31-14-6-5-7-18-8-10-19(11-9-18)24(25,26)27/h8-13,15H,6,14,16H2,1-4H3. The monoisotopic (exact) mass is 450 g/mol. The predicted molar refractivity (Wildman–Crippen MR) is 116 cm³/mol. The van der Waals surface area contributed by atoms with Crippen LogP contribution in [-0.4, -0.2) is 23.9 Å². The van der Waals surface area contributed by atoms with E-state index in [0.29, 0.717) is 17.7 Å². The summed E-state index contributed by atoms with van der Waals surface area (Å²) in [6.45, 7) is 7.16. The van der Waals surface area contributed by atoms with Crippen LogP contribution in [0.15, 0.2) is 47.4 Å². The Morgan fingerprint density at radius 3 is 2.32 bits per heavy atom. The molecule has 7 heteroatoms. The van der Waals surface area contributed by atoms with Gasteiger partial charge < -0.3 is 9.47 Å². The third kappa shape index (κ3) is 8.97. The van der Waals surface area contributed by atoms with Gasteiger partial charge in [-0.05, 0) is 75.7 Å². The van der Waals surface area contributed by atoms with Crippen LogP contribution >= 0.6 is 11.8 Å². The van der Waals surface area contributed by atoms with E-state index in [1.165, 1.54) is 12.1 Å². The van der Waals surface area contributed by atoms with Crippen molar-refractivity contribution in [1.29, 1.82) is 0 Å². The van der Waals surface area contributed by atoms with Crippen molar-refractivity contribution < 1.29 is 27.4 Å². The fraction of sp³-hybridized carbons (Fsp3) is 0.375. The van der Waals surface area contributed by atoms with Crippen LogP contribution in [0.3, 0.4) is 0 Å². The van der Waals surface area contributed by atoms with Gasteiger partial charge in [0.2, 0.25) is 0 Å². The molecular weight excluding hydrogens is 425 g/mol. The highest BCUT2D eigenvalue weighted by Crippen LogP contribution is 2.29. The Morgan fingerprint density at radius 1 is 1.06 bits per heavy atom. The van der Waals surface area contributed by atoms with E-state index in [1.54, 1.807) is 32.5 Å². The Kier molecular flexibility index (Phi) is 8.46. The Balaban J connectivity index is 1.80. The maximum absolute atomic E-state index is 12.6. The SMILES string of the molecule is Cc1cc(SCCC#Cc2ccc(C(F)(F)F)cc2)ccc1OCC(=O)OC(C)(C)C. The zero-order valence-corrected chi connectivity index (χ0v) is 18.7. The molecule has 0 atom stereocenters. The minimum absolute atomic E-state index is 0.149. The van der Waals surface area contributed by atoms with Gasteiger partial charge in [0, 0.05) is 22.6 Å². The second-order valence-electron chi connectivity index (χ2n) is 7.78. The zero-order chi connectivity index (χ0) is 23.1. The quantitative estimate of drug-likeness (QED) is 0.225. The molecule has 0 aliphatic carbocycles. The Labute approximate surface area is 185 Å². The number of hydrogen-bond donors (Lipinski definition) is 0. The highest BCUT2D eigenvalue weighted by molar-refractivity contribution is 7.99. The molecule has 31 heavy (non-hydrogen) atoms. The third-order valence-electron chi connectivity index (χ3n) is 3.85. The Morgan fingerprint density at radius 2 is 1.74 bits per heavy atom. The van der Waals surface area contributed by atoms with Crippen molar-refractivity contribution in [3.63, 3.8) is 0 Å². The second kappa shape index (κ2) is 10.6. The average Bonchev–Trinajstić information content (AvgIpc) is 2.65. The second-order valence-corrected chi connectivity index (χ2v) is 8.95. The van der Waals surface area contributed by atoms with Crippen molar-refractivity contribution in [3.05, 3.63) is 59.2 Å². The first-order valence-corrected chi connectivity index (χ1v) is 10.7. The summed E-state index contributed by atoms with van der Waals surface area (Å²) in [6, 6.07) is 10.5. The van der Waals surface area contributed by atoms with E-state index < -0.39 is 23.3 Å². The lowest BCUT2D eigenvalue weighted by Crippen LogP contribution is -2.27. The van der Waals surface area contributed by atoms with E-state index in [0.717, 1.165) is 28.3 Å². The number of carbonyl (C=O) groups is 1. The number of rotatable bonds is 6. The molecule has 0 aliphatic heterocycles. The number of hydrogen-bond acceptors (Lipinski definition) is 4. The lowest BCUT2D eigenvalue weighted by atomic mass is 10.1. The highest BCUT2D eigenvalue weighted by atomic mass is 32.2. The van der Waals surface area contributed by atoms with Crippen molar-refractivity contribution in [2.24, 2.45) is 0 Å². The number of alkyl halides is 3. The molecule has 0 aromatic heterocycles. The molecule has 2 rings (SSSR count). The largest absolute Gasteiger partial charge is 0.482 e. The molecule has 0 unspecified atom stereocenters. The van der Waals surface area contributed by atoms with Gasteiger partial charge in [0.05, 0.1) is 5.56 Å². The number of benzene rings is 2. The van der Waals surface area contributed by atoms with Gasteiger partial charge in [-0.2, -0.15) is 13.2 Å². The first kappa shape index (κ1) is 24.7. The van der Waals surface area contributed by atoms with Gasteiger partial charge in [-0.25, -0.2) is 4.79 Å². The molecule has 0 aliphatic rings. The summed E-state index contributed by atoms with van der Waals surface area (Å²) in [5.41, 5.74) is 0.234. The number of halogens is 3. The Bertz CT molecular complexity index is 949. The number of thioether (sulfide) groups is 1. The first-order chi connectivity index (χ1) is 14.4. The summed E-state index contributed by atoms with van der Waals surface area (Å²) in [7, 11) is 0. The van der Waals surface area contributed by atoms with Gasteiger partial charge in [-0.3, -0.25) is 0 Å². The van der Waals surface area contributed by atoms with Gasteiger partial charge in [0.25, 0.3) is 0 Å². The maximum atomic E-state index is 12.6. The number of esters is 1. The number of aryl methyl sites for hydroxylation is 1. The van der Waals surface area contributed by atoms with E-state index in [-0.39, 0.29) is 6.61 Å². The predicted octanol–water partition coefficient (Wildman–Crippen LogP) is 6.27. The molecule has 0 saturated carbocycles. The molecule has 166 valence electrons. The van der Waals surface area contributed by atoms with Crippen molar-refractivity contribution in [3.8, 4) is 17.6 Å². The van der Waals surface area contributed by atoms with Crippen LogP contribution in [0, 0.1) is 18.8 Å². The summed E-state index contributed by atoms with van der Waals surface area (Å²) in [5, 5.41) is 0. The van der Waals surface area contributed by atoms with Crippen LogP contribution < -0.4 is 4.74 Å². The third-order valence-corrected chi connectivity index (χ3v) is 4.85. The topological polar surface area (TPSA) is 35.5 Å². The van der Waals surface area contributed by atoms with E-state index in [4.69, 9.17) is 9.47 Å². The summed E-state index contributed by atoms with van der Waals surface area (Å²) in [4.78, 5) is 12.8. The highest BCUT2D eigenvalue weighted by Gasteiger charge is 2.29. The minimum atomic E-state index is -4.34. The van der Waals surface area contributed by atoms with Crippen molar-refractivity contribution in [1.82, 2.24) is 0 Å². The van der Waals surface area contributed by atoms with Crippen LogP contribution in [0.4, 0.5) is 13.2 Å². The Hall–Kier alpha value is -2.59. The van der Waals surface area contributed by atoms with Gasteiger partial charge in [-0.1, -0.05) is 11.8 Å². The molecule has 0 N–H and O–H groups in total. The number of carbonyl (C=O) groups excluding carboxylic acids is 1. The zero-order valence-electron chi connectivity index (χ0n) is 17.9. The van der Waals surface area contributed by atoms with Gasteiger partial charge in [0.15, 0.2) is 6.61 Å². The summed E-state index contributed by atoms with van der Waals surface area (Å²) >= 11 is 1.62. The molecule has 0 heterocycles. The fourth-order valence-electron chi connectivity index (χ4n) is 2.51.